The minimum atomic E-state index is -0.773. The largest absolute Gasteiger partial charge is 0.481 e. The van der Waals surface area contributed by atoms with Crippen LogP contribution in [0.4, 0.5) is 4.39 Å². The van der Waals surface area contributed by atoms with Gasteiger partial charge >= 0.3 is 0 Å². The van der Waals surface area contributed by atoms with E-state index in [1.54, 1.807) is 31.2 Å². The third kappa shape index (κ3) is 6.61. The van der Waals surface area contributed by atoms with E-state index in [4.69, 9.17) is 27.9 Å². The molecule has 0 saturated heterocycles. The number of nitrogens with zero attached hydrogens (tertiary/aromatic N) is 1. The molecule has 5 nitrogen and oxygen atoms in total. The molecular formula is C21H23Cl2FN2O3. The maximum absolute atomic E-state index is 13.8. The summed E-state index contributed by atoms with van der Waals surface area (Å²) < 4.78 is 19.1. The Bertz CT molecular complexity index is 864. The first-order chi connectivity index (χ1) is 13.8. The van der Waals surface area contributed by atoms with Gasteiger partial charge in [-0.3, -0.25) is 9.59 Å². The van der Waals surface area contributed by atoms with Crippen molar-refractivity contribution in [3.63, 3.8) is 0 Å². The van der Waals surface area contributed by atoms with Crippen molar-refractivity contribution in [2.75, 3.05) is 13.2 Å². The number of para-hydroxylation sites is 1. The molecule has 0 aromatic heterocycles. The maximum atomic E-state index is 13.8. The molecule has 0 radical (unpaired) electrons. The van der Waals surface area contributed by atoms with E-state index < -0.39 is 24.4 Å². The Kier molecular flexibility index (Phi) is 8.73. The lowest BCUT2D eigenvalue weighted by Gasteiger charge is -2.29. The summed E-state index contributed by atoms with van der Waals surface area (Å²) in [6.07, 6.45) is 0.770. The second-order valence-electron chi connectivity index (χ2n) is 6.44. The second kappa shape index (κ2) is 11.0. The molecule has 0 unspecified atom stereocenters. The first-order valence-electron chi connectivity index (χ1n) is 9.22. The van der Waals surface area contributed by atoms with Crippen LogP contribution in [0.1, 0.15) is 25.8 Å². The fourth-order valence-corrected chi connectivity index (χ4v) is 3.06. The Labute approximate surface area is 179 Å². The van der Waals surface area contributed by atoms with E-state index in [0.717, 1.165) is 6.42 Å². The zero-order valence-electron chi connectivity index (χ0n) is 16.3. The lowest BCUT2D eigenvalue weighted by molar-refractivity contribution is -0.142. The normalized spacial score (nSPS) is 11.6. The van der Waals surface area contributed by atoms with Crippen LogP contribution in [0.15, 0.2) is 42.5 Å². The van der Waals surface area contributed by atoms with E-state index in [-0.39, 0.29) is 18.2 Å². The molecule has 2 aromatic carbocycles. The molecule has 0 aliphatic rings. The number of hydrogen-bond acceptors (Lipinski definition) is 3. The molecule has 0 heterocycles. The van der Waals surface area contributed by atoms with E-state index in [1.807, 2.05) is 6.92 Å². The van der Waals surface area contributed by atoms with Crippen molar-refractivity contribution in [2.45, 2.75) is 32.9 Å². The lowest BCUT2D eigenvalue weighted by Crippen LogP contribution is -2.49. The summed E-state index contributed by atoms with van der Waals surface area (Å²) in [5.74, 6) is -1.37. The maximum Gasteiger partial charge on any atom is 0.261 e. The number of amides is 2. The highest BCUT2D eigenvalue weighted by Crippen LogP contribution is 2.23. The van der Waals surface area contributed by atoms with Crippen molar-refractivity contribution in [1.29, 1.82) is 0 Å². The average molecular weight is 441 g/mol. The number of nitrogens with one attached hydrogen (secondary N) is 1. The number of halogens is 3. The molecule has 2 rings (SSSR count). The number of benzene rings is 2. The summed E-state index contributed by atoms with van der Waals surface area (Å²) in [7, 11) is 0. The summed E-state index contributed by atoms with van der Waals surface area (Å²) in [5.41, 5.74) is 0.630. The lowest BCUT2D eigenvalue weighted by atomic mass is 10.1. The van der Waals surface area contributed by atoms with Gasteiger partial charge in [0.05, 0.1) is 0 Å². The van der Waals surface area contributed by atoms with Gasteiger partial charge in [0, 0.05) is 23.1 Å². The highest BCUT2D eigenvalue weighted by Gasteiger charge is 2.27. The predicted octanol–water partition coefficient (Wildman–Crippen LogP) is 4.45. The van der Waals surface area contributed by atoms with Crippen LogP contribution in [0.3, 0.4) is 0 Å². The van der Waals surface area contributed by atoms with Crippen LogP contribution in [-0.4, -0.2) is 35.9 Å². The summed E-state index contributed by atoms with van der Waals surface area (Å²) in [6, 6.07) is 9.95. The minimum absolute atomic E-state index is 0.0339. The number of ether oxygens (including phenoxy) is 1. The van der Waals surface area contributed by atoms with E-state index >= 15 is 0 Å². The smallest absolute Gasteiger partial charge is 0.261 e. The van der Waals surface area contributed by atoms with Gasteiger partial charge in [-0.1, -0.05) is 48.3 Å². The topological polar surface area (TPSA) is 58.6 Å². The van der Waals surface area contributed by atoms with Crippen molar-refractivity contribution in [2.24, 2.45) is 0 Å². The summed E-state index contributed by atoms with van der Waals surface area (Å²) >= 11 is 12.2. The van der Waals surface area contributed by atoms with Crippen LogP contribution < -0.4 is 10.1 Å². The van der Waals surface area contributed by atoms with Crippen LogP contribution >= 0.6 is 23.2 Å². The molecule has 29 heavy (non-hydrogen) atoms. The van der Waals surface area contributed by atoms with Gasteiger partial charge < -0.3 is 15.0 Å². The quantitative estimate of drug-likeness (QED) is 0.626. The fraction of sp³-hybridized carbons (Fsp3) is 0.333. The van der Waals surface area contributed by atoms with Gasteiger partial charge in [-0.15, -0.1) is 0 Å². The first-order valence-corrected chi connectivity index (χ1v) is 9.97. The molecule has 1 N–H and O–H groups in total. The van der Waals surface area contributed by atoms with Gasteiger partial charge in [0.2, 0.25) is 5.91 Å². The highest BCUT2D eigenvalue weighted by atomic mass is 35.5. The number of hydrogen-bond donors (Lipinski definition) is 1. The Morgan fingerprint density at radius 2 is 1.93 bits per heavy atom. The van der Waals surface area contributed by atoms with Gasteiger partial charge in [-0.25, -0.2) is 4.39 Å². The van der Waals surface area contributed by atoms with Crippen molar-refractivity contribution < 1.29 is 18.7 Å². The van der Waals surface area contributed by atoms with Gasteiger partial charge in [0.25, 0.3) is 5.91 Å². The third-order valence-electron chi connectivity index (χ3n) is 4.26. The monoisotopic (exact) mass is 440 g/mol. The van der Waals surface area contributed by atoms with Gasteiger partial charge in [0.1, 0.15) is 6.04 Å². The molecule has 0 saturated carbocycles. The molecular weight excluding hydrogens is 418 g/mol. The fourth-order valence-electron chi connectivity index (χ4n) is 2.60. The number of rotatable bonds is 9. The van der Waals surface area contributed by atoms with Crippen LogP contribution in [0.5, 0.6) is 5.75 Å². The van der Waals surface area contributed by atoms with Gasteiger partial charge in [-0.2, -0.15) is 0 Å². The van der Waals surface area contributed by atoms with E-state index in [2.05, 4.69) is 5.32 Å². The molecule has 2 amide bonds. The molecule has 2 aromatic rings. The molecule has 0 spiro atoms. The SMILES string of the molecule is CCCNC(=O)[C@@H](C)N(Cc1ccc(Cl)cc1Cl)C(=O)COc1ccccc1F. The first kappa shape index (κ1) is 23.0. The number of carbonyl (C=O) groups excluding carboxylic acids is 2. The molecule has 8 heteroatoms. The second-order valence-corrected chi connectivity index (χ2v) is 7.29. The Balaban J connectivity index is 2.19. The highest BCUT2D eigenvalue weighted by molar-refractivity contribution is 6.35. The Morgan fingerprint density at radius 3 is 2.59 bits per heavy atom. The van der Waals surface area contributed by atoms with Gasteiger partial charge in [0.15, 0.2) is 18.2 Å². The van der Waals surface area contributed by atoms with E-state index in [1.165, 1.54) is 23.1 Å². The third-order valence-corrected chi connectivity index (χ3v) is 4.85. The molecule has 0 aliphatic carbocycles. The van der Waals surface area contributed by atoms with Crippen molar-refractivity contribution in [1.82, 2.24) is 10.2 Å². The number of carbonyl (C=O) groups is 2. The average Bonchev–Trinajstić information content (AvgIpc) is 2.70. The summed E-state index contributed by atoms with van der Waals surface area (Å²) in [5, 5.41) is 3.62. The Hall–Kier alpha value is -2.31. The molecule has 1 atom stereocenters. The van der Waals surface area contributed by atoms with Crippen LogP contribution in [-0.2, 0) is 16.1 Å². The van der Waals surface area contributed by atoms with Crippen LogP contribution in [0.2, 0.25) is 10.0 Å². The predicted molar refractivity (Wildman–Crippen MR) is 112 cm³/mol. The van der Waals surface area contributed by atoms with Crippen LogP contribution in [0.25, 0.3) is 0 Å². The summed E-state index contributed by atoms with van der Waals surface area (Å²) in [6.45, 7) is 3.71. The van der Waals surface area contributed by atoms with Crippen LogP contribution in [0, 0.1) is 5.82 Å². The standard InChI is InChI=1S/C21H23Cl2FN2O3/c1-3-10-25-21(28)14(2)26(12-15-8-9-16(22)11-17(15)23)20(27)13-29-19-7-5-4-6-18(19)24/h4-9,11,14H,3,10,12-13H2,1-2H3,(H,25,28)/t14-/m1/s1. The molecule has 0 aliphatic heterocycles. The zero-order valence-corrected chi connectivity index (χ0v) is 17.8. The van der Waals surface area contributed by atoms with E-state index in [9.17, 15) is 14.0 Å². The summed E-state index contributed by atoms with van der Waals surface area (Å²) in [4.78, 5) is 26.7. The molecule has 0 bridgehead atoms. The van der Waals surface area contributed by atoms with Gasteiger partial charge in [-0.05, 0) is 43.2 Å². The van der Waals surface area contributed by atoms with Crippen molar-refractivity contribution >= 4 is 35.0 Å². The zero-order chi connectivity index (χ0) is 21.4. The Morgan fingerprint density at radius 1 is 1.21 bits per heavy atom. The minimum Gasteiger partial charge on any atom is -0.481 e. The van der Waals surface area contributed by atoms with Crippen molar-refractivity contribution in [3.05, 3.63) is 63.9 Å². The van der Waals surface area contributed by atoms with E-state index in [0.29, 0.717) is 22.2 Å². The molecule has 0 fully saturated rings. The molecule has 156 valence electrons. The van der Waals surface area contributed by atoms with Crippen molar-refractivity contribution in [3.8, 4) is 5.75 Å².